The van der Waals surface area contributed by atoms with E-state index in [1.54, 1.807) is 13.2 Å². The lowest BCUT2D eigenvalue weighted by atomic mass is 10.2. The second-order valence-corrected chi connectivity index (χ2v) is 5.86. The Morgan fingerprint density at radius 2 is 2.16 bits per heavy atom. The predicted molar refractivity (Wildman–Crippen MR) is 98.8 cm³/mol. The van der Waals surface area contributed by atoms with Gasteiger partial charge in [-0.25, -0.2) is 4.68 Å². The molecule has 0 aliphatic rings. The average molecular weight is 337 g/mol. The van der Waals surface area contributed by atoms with Crippen molar-refractivity contribution in [2.75, 3.05) is 7.05 Å². The molecule has 25 heavy (non-hydrogen) atoms. The first-order valence-electron chi connectivity index (χ1n) is 8.28. The van der Waals surface area contributed by atoms with Crippen LogP contribution in [0.3, 0.4) is 0 Å². The van der Waals surface area contributed by atoms with E-state index >= 15 is 0 Å². The van der Waals surface area contributed by atoms with Gasteiger partial charge in [0.25, 0.3) is 0 Å². The fourth-order valence-corrected chi connectivity index (χ4v) is 2.57. The summed E-state index contributed by atoms with van der Waals surface area (Å²) in [4.78, 5) is 4.28. The van der Waals surface area contributed by atoms with E-state index in [-0.39, 0.29) is 6.04 Å². The molecule has 6 nitrogen and oxygen atoms in total. The molecule has 1 aromatic carbocycles. The van der Waals surface area contributed by atoms with Crippen molar-refractivity contribution in [3.05, 3.63) is 71.9 Å². The smallest absolute Gasteiger partial charge is 0.191 e. The van der Waals surface area contributed by atoms with Crippen molar-refractivity contribution in [3.8, 4) is 5.69 Å². The molecule has 3 rings (SSSR count). The third-order valence-electron chi connectivity index (χ3n) is 3.90. The largest absolute Gasteiger partial charge is 0.464 e. The Hall–Kier alpha value is -3.02. The van der Waals surface area contributed by atoms with E-state index in [0.717, 1.165) is 28.7 Å². The van der Waals surface area contributed by atoms with Crippen LogP contribution < -0.4 is 10.6 Å². The van der Waals surface area contributed by atoms with Crippen LogP contribution in [0, 0.1) is 6.92 Å². The zero-order valence-electron chi connectivity index (χ0n) is 14.7. The molecule has 0 fully saturated rings. The van der Waals surface area contributed by atoms with Gasteiger partial charge in [0, 0.05) is 26.0 Å². The van der Waals surface area contributed by atoms with E-state index in [4.69, 9.17) is 4.42 Å². The second kappa shape index (κ2) is 7.70. The molecule has 0 aliphatic heterocycles. The topological polar surface area (TPSA) is 67.4 Å². The van der Waals surface area contributed by atoms with E-state index < -0.39 is 0 Å². The van der Waals surface area contributed by atoms with Gasteiger partial charge in [-0.05, 0) is 49.7 Å². The Morgan fingerprint density at radius 1 is 1.28 bits per heavy atom. The molecular formula is C19H23N5O. The van der Waals surface area contributed by atoms with Crippen LogP contribution in [-0.4, -0.2) is 22.8 Å². The molecule has 1 atom stereocenters. The minimum atomic E-state index is 0.0373. The third kappa shape index (κ3) is 4.29. The van der Waals surface area contributed by atoms with Crippen molar-refractivity contribution in [2.24, 2.45) is 4.99 Å². The van der Waals surface area contributed by atoms with Gasteiger partial charge in [0.1, 0.15) is 11.5 Å². The molecule has 0 aliphatic carbocycles. The van der Waals surface area contributed by atoms with Gasteiger partial charge in [0.15, 0.2) is 5.96 Å². The van der Waals surface area contributed by atoms with Gasteiger partial charge in [-0.15, -0.1) is 0 Å². The van der Waals surface area contributed by atoms with Crippen LogP contribution in [0.2, 0.25) is 0 Å². The number of benzene rings is 1. The van der Waals surface area contributed by atoms with Crippen LogP contribution in [0.4, 0.5) is 0 Å². The zero-order chi connectivity index (χ0) is 17.6. The molecule has 1 unspecified atom stereocenters. The van der Waals surface area contributed by atoms with Crippen LogP contribution in [0.5, 0.6) is 0 Å². The van der Waals surface area contributed by atoms with Crippen LogP contribution in [0.25, 0.3) is 5.69 Å². The molecule has 0 amide bonds. The molecule has 0 saturated carbocycles. The number of rotatable bonds is 5. The lowest BCUT2D eigenvalue weighted by molar-refractivity contribution is 0.441. The molecule has 6 heteroatoms. The highest BCUT2D eigenvalue weighted by Gasteiger charge is 2.11. The Labute approximate surface area is 147 Å². The standard InChI is InChI=1S/C19H23N5O/c1-14-8-9-18(25-14)15(2)23-19(20-3)21-13-16-6-4-7-17(12-16)24-11-5-10-22-24/h4-12,15H,13H2,1-3H3,(H2,20,21,23). The van der Waals surface area contributed by atoms with E-state index in [1.165, 1.54) is 0 Å². The van der Waals surface area contributed by atoms with Crippen LogP contribution in [0.15, 0.2) is 64.3 Å². The summed E-state index contributed by atoms with van der Waals surface area (Å²) in [5.74, 6) is 2.52. The van der Waals surface area contributed by atoms with Gasteiger partial charge < -0.3 is 15.1 Å². The number of guanidine groups is 1. The maximum absolute atomic E-state index is 5.66. The minimum absolute atomic E-state index is 0.0373. The molecule has 0 spiro atoms. The molecule has 2 heterocycles. The van der Waals surface area contributed by atoms with Gasteiger partial charge in [0.05, 0.1) is 11.7 Å². The van der Waals surface area contributed by atoms with Crippen molar-refractivity contribution in [3.63, 3.8) is 0 Å². The minimum Gasteiger partial charge on any atom is -0.464 e. The summed E-state index contributed by atoms with van der Waals surface area (Å²) < 4.78 is 7.50. The van der Waals surface area contributed by atoms with Crippen molar-refractivity contribution in [1.82, 2.24) is 20.4 Å². The first kappa shape index (κ1) is 16.8. The first-order chi connectivity index (χ1) is 12.2. The van der Waals surface area contributed by atoms with Crippen molar-refractivity contribution in [2.45, 2.75) is 26.4 Å². The Balaban J connectivity index is 1.61. The lowest BCUT2D eigenvalue weighted by Crippen LogP contribution is -2.38. The summed E-state index contributed by atoms with van der Waals surface area (Å²) in [5, 5.41) is 10.9. The normalized spacial score (nSPS) is 12.8. The molecule has 2 aromatic heterocycles. The van der Waals surface area contributed by atoms with Crippen LogP contribution in [-0.2, 0) is 6.54 Å². The molecule has 130 valence electrons. The lowest BCUT2D eigenvalue weighted by Gasteiger charge is -2.16. The number of hydrogen-bond donors (Lipinski definition) is 2. The Morgan fingerprint density at radius 3 is 2.84 bits per heavy atom. The van der Waals surface area contributed by atoms with Crippen molar-refractivity contribution >= 4 is 5.96 Å². The maximum atomic E-state index is 5.66. The van der Waals surface area contributed by atoms with Crippen molar-refractivity contribution < 1.29 is 4.42 Å². The van der Waals surface area contributed by atoms with Gasteiger partial charge in [-0.3, -0.25) is 4.99 Å². The fraction of sp³-hybridized carbons (Fsp3) is 0.263. The first-order valence-corrected chi connectivity index (χ1v) is 8.28. The van der Waals surface area contributed by atoms with Gasteiger partial charge in [-0.1, -0.05) is 12.1 Å². The summed E-state index contributed by atoms with van der Waals surface area (Å²) in [6.45, 7) is 4.65. The Bertz CT molecular complexity index is 835. The summed E-state index contributed by atoms with van der Waals surface area (Å²) in [7, 11) is 1.76. The van der Waals surface area contributed by atoms with E-state index in [2.05, 4.69) is 32.9 Å². The number of furan rings is 1. The van der Waals surface area contributed by atoms with E-state index in [1.807, 2.05) is 55.1 Å². The third-order valence-corrected chi connectivity index (χ3v) is 3.90. The van der Waals surface area contributed by atoms with Gasteiger partial charge in [0.2, 0.25) is 0 Å². The van der Waals surface area contributed by atoms with Crippen molar-refractivity contribution in [1.29, 1.82) is 0 Å². The van der Waals surface area contributed by atoms with Crippen LogP contribution >= 0.6 is 0 Å². The highest BCUT2D eigenvalue weighted by molar-refractivity contribution is 5.80. The fourth-order valence-electron chi connectivity index (χ4n) is 2.57. The number of hydrogen-bond acceptors (Lipinski definition) is 3. The quantitative estimate of drug-likeness (QED) is 0.554. The predicted octanol–water partition coefficient (Wildman–Crippen LogP) is 3.20. The van der Waals surface area contributed by atoms with Gasteiger partial charge in [-0.2, -0.15) is 5.10 Å². The monoisotopic (exact) mass is 337 g/mol. The maximum Gasteiger partial charge on any atom is 0.191 e. The van der Waals surface area contributed by atoms with Gasteiger partial charge >= 0.3 is 0 Å². The summed E-state index contributed by atoms with van der Waals surface area (Å²) >= 11 is 0. The summed E-state index contributed by atoms with van der Waals surface area (Å²) in [6.07, 6.45) is 3.70. The second-order valence-electron chi connectivity index (χ2n) is 5.86. The molecular weight excluding hydrogens is 314 g/mol. The molecule has 0 radical (unpaired) electrons. The molecule has 2 N–H and O–H groups in total. The molecule has 0 bridgehead atoms. The molecule has 3 aromatic rings. The zero-order valence-corrected chi connectivity index (χ0v) is 14.7. The summed E-state index contributed by atoms with van der Waals surface area (Å²) in [5.41, 5.74) is 2.18. The number of aliphatic imine (C=N–C) groups is 1. The van der Waals surface area contributed by atoms with E-state index in [9.17, 15) is 0 Å². The molecule has 0 saturated heterocycles. The number of nitrogens with zero attached hydrogens (tertiary/aromatic N) is 3. The highest BCUT2D eigenvalue weighted by atomic mass is 16.3. The number of aromatic nitrogens is 2. The van der Waals surface area contributed by atoms with E-state index in [0.29, 0.717) is 6.54 Å². The SMILES string of the molecule is CN=C(NCc1cccc(-n2cccn2)c1)NC(C)c1ccc(C)o1. The number of aryl methyl sites for hydroxylation is 1. The highest BCUT2D eigenvalue weighted by Crippen LogP contribution is 2.15. The Kier molecular flexibility index (Phi) is 5.18. The summed E-state index contributed by atoms with van der Waals surface area (Å²) in [6, 6.07) is 14.1. The van der Waals surface area contributed by atoms with Crippen LogP contribution in [0.1, 0.15) is 30.0 Å². The number of nitrogens with one attached hydrogen (secondary N) is 2. The average Bonchev–Trinajstić information content (AvgIpc) is 3.30.